The largest absolute Gasteiger partial charge is 0.481 e. The van der Waals surface area contributed by atoms with E-state index in [1.165, 1.54) is 16.2 Å². The van der Waals surface area contributed by atoms with Gasteiger partial charge in [0.05, 0.1) is 5.56 Å². The number of benzene rings is 1. The van der Waals surface area contributed by atoms with Gasteiger partial charge in [0.1, 0.15) is 16.8 Å². The molecule has 0 saturated carbocycles. The average molecular weight is 361 g/mol. The monoisotopic (exact) mass is 360 g/mol. The van der Waals surface area contributed by atoms with E-state index in [2.05, 4.69) is 11.4 Å². The third kappa shape index (κ3) is 3.26. The second kappa shape index (κ2) is 6.84. The quantitative estimate of drug-likeness (QED) is 0.874. The van der Waals surface area contributed by atoms with E-state index in [4.69, 9.17) is 16.3 Å². The van der Waals surface area contributed by atoms with Gasteiger partial charge in [0.15, 0.2) is 6.10 Å². The van der Waals surface area contributed by atoms with Crippen LogP contribution in [0.25, 0.3) is 0 Å². The van der Waals surface area contributed by atoms with E-state index in [-0.39, 0.29) is 5.91 Å². The summed E-state index contributed by atoms with van der Waals surface area (Å²) in [7, 11) is 0. The lowest BCUT2D eigenvalue weighted by Gasteiger charge is -2.16. The molecule has 0 fully saturated rings. The predicted molar refractivity (Wildman–Crippen MR) is 96.0 cm³/mol. The molecule has 0 unspecified atom stereocenters. The van der Waals surface area contributed by atoms with Crippen molar-refractivity contribution < 1.29 is 9.53 Å². The highest BCUT2D eigenvalue weighted by molar-refractivity contribution is 7.16. The Morgan fingerprint density at radius 2 is 2.25 bits per heavy atom. The van der Waals surface area contributed by atoms with E-state index >= 15 is 0 Å². The fraction of sp³-hybridized carbons (Fsp3) is 0.333. The number of halogens is 1. The van der Waals surface area contributed by atoms with Crippen molar-refractivity contribution in [3.05, 3.63) is 44.8 Å². The minimum absolute atomic E-state index is 0.263. The zero-order valence-corrected chi connectivity index (χ0v) is 15.1. The maximum Gasteiger partial charge on any atom is 0.265 e. The van der Waals surface area contributed by atoms with Gasteiger partial charge in [-0.05, 0) is 62.4 Å². The Morgan fingerprint density at radius 3 is 2.96 bits per heavy atom. The molecule has 2 aromatic rings. The van der Waals surface area contributed by atoms with Crippen molar-refractivity contribution in [1.29, 1.82) is 5.26 Å². The molecule has 1 aromatic carbocycles. The second-order valence-electron chi connectivity index (χ2n) is 5.83. The predicted octanol–water partition coefficient (Wildman–Crippen LogP) is 4.48. The maximum atomic E-state index is 12.4. The summed E-state index contributed by atoms with van der Waals surface area (Å²) in [6.45, 7) is 3.57. The highest BCUT2D eigenvalue weighted by Crippen LogP contribution is 2.38. The second-order valence-corrected chi connectivity index (χ2v) is 7.37. The van der Waals surface area contributed by atoms with Gasteiger partial charge in [0.2, 0.25) is 0 Å². The Hall–Kier alpha value is -2.03. The maximum absolute atomic E-state index is 12.4. The van der Waals surface area contributed by atoms with Crippen LogP contribution in [-0.4, -0.2) is 12.0 Å². The number of nitrogens with one attached hydrogen (secondary N) is 1. The first-order chi connectivity index (χ1) is 11.5. The molecule has 1 aliphatic rings. The molecular formula is C18H17ClN2O2S. The van der Waals surface area contributed by atoms with Gasteiger partial charge < -0.3 is 10.1 Å². The number of ether oxygens (including phenoxy) is 1. The first-order valence-corrected chi connectivity index (χ1v) is 8.97. The van der Waals surface area contributed by atoms with Crippen LogP contribution in [0.3, 0.4) is 0 Å². The summed E-state index contributed by atoms with van der Waals surface area (Å²) < 4.78 is 5.74. The number of anilines is 1. The van der Waals surface area contributed by atoms with E-state index in [0.717, 1.165) is 30.4 Å². The Balaban J connectivity index is 1.72. The molecule has 6 heteroatoms. The van der Waals surface area contributed by atoms with Crippen LogP contribution in [-0.2, 0) is 17.6 Å². The number of nitrogens with zero attached hydrogens (tertiary/aromatic N) is 1. The molecule has 0 aliphatic heterocycles. The first-order valence-electron chi connectivity index (χ1n) is 7.78. The molecule has 1 amide bonds. The minimum Gasteiger partial charge on any atom is -0.481 e. The summed E-state index contributed by atoms with van der Waals surface area (Å²) >= 11 is 7.43. The van der Waals surface area contributed by atoms with Crippen molar-refractivity contribution in [2.75, 3.05) is 5.32 Å². The van der Waals surface area contributed by atoms with Gasteiger partial charge in [-0.25, -0.2) is 0 Å². The van der Waals surface area contributed by atoms with Crippen molar-refractivity contribution in [2.45, 2.75) is 39.2 Å². The van der Waals surface area contributed by atoms with Crippen LogP contribution in [0.15, 0.2) is 18.2 Å². The molecule has 3 rings (SSSR count). The number of carbonyl (C=O) groups excluding carboxylic acids is 1. The molecule has 0 radical (unpaired) electrons. The van der Waals surface area contributed by atoms with E-state index in [1.807, 2.05) is 6.92 Å². The highest BCUT2D eigenvalue weighted by atomic mass is 35.5. The number of hydrogen-bond donors (Lipinski definition) is 1. The average Bonchev–Trinajstić information content (AvgIpc) is 3.10. The third-order valence-corrected chi connectivity index (χ3v) is 5.52. The van der Waals surface area contributed by atoms with Crippen LogP contribution < -0.4 is 10.1 Å². The Kier molecular flexibility index (Phi) is 4.79. The van der Waals surface area contributed by atoms with Crippen molar-refractivity contribution in [3.63, 3.8) is 0 Å². The summed E-state index contributed by atoms with van der Waals surface area (Å²) in [5.74, 6) is 0.358. The molecule has 1 atom stereocenters. The summed E-state index contributed by atoms with van der Waals surface area (Å²) in [5, 5.41) is 13.5. The molecule has 1 aliphatic carbocycles. The number of thiophene rings is 1. The standard InChI is InChI=1S/C18H17ClN2O2S/c1-10-8-12(19)6-7-15(10)23-11(2)17(22)21-18-14(9-20)13-4-3-5-16(13)24-18/h6-8,11H,3-5H2,1-2H3,(H,21,22)/t11-/m0/s1. The van der Waals surface area contributed by atoms with Crippen LogP contribution in [0, 0.1) is 18.3 Å². The summed E-state index contributed by atoms with van der Waals surface area (Å²) in [5.41, 5.74) is 2.57. The van der Waals surface area contributed by atoms with Crippen molar-refractivity contribution in [3.8, 4) is 11.8 Å². The zero-order valence-electron chi connectivity index (χ0n) is 13.5. The van der Waals surface area contributed by atoms with Crippen LogP contribution in [0.4, 0.5) is 5.00 Å². The highest BCUT2D eigenvalue weighted by Gasteiger charge is 2.25. The van der Waals surface area contributed by atoms with Crippen LogP contribution >= 0.6 is 22.9 Å². The Morgan fingerprint density at radius 1 is 1.46 bits per heavy atom. The minimum atomic E-state index is -0.673. The summed E-state index contributed by atoms with van der Waals surface area (Å²) in [6.07, 6.45) is 2.31. The fourth-order valence-corrected chi connectivity index (χ4v) is 4.28. The number of fused-ring (bicyclic) bond motifs is 1. The number of amides is 1. The van der Waals surface area contributed by atoms with Gasteiger partial charge in [0, 0.05) is 9.90 Å². The van der Waals surface area contributed by atoms with E-state index in [1.54, 1.807) is 25.1 Å². The molecule has 1 heterocycles. The number of carbonyl (C=O) groups is 1. The van der Waals surface area contributed by atoms with E-state index in [9.17, 15) is 10.1 Å². The smallest absolute Gasteiger partial charge is 0.265 e. The molecule has 1 N–H and O–H groups in total. The summed E-state index contributed by atoms with van der Waals surface area (Å²) in [6, 6.07) is 7.50. The Bertz CT molecular complexity index is 838. The Labute approximate surface area is 150 Å². The number of aryl methyl sites for hydroxylation is 2. The fourth-order valence-electron chi connectivity index (χ4n) is 2.81. The van der Waals surface area contributed by atoms with Crippen molar-refractivity contribution >= 4 is 33.8 Å². The van der Waals surface area contributed by atoms with Crippen LogP contribution in [0.5, 0.6) is 5.75 Å². The normalized spacial score (nSPS) is 13.9. The molecule has 24 heavy (non-hydrogen) atoms. The molecule has 0 spiro atoms. The van der Waals surface area contributed by atoms with Crippen LogP contribution in [0.1, 0.15) is 34.9 Å². The van der Waals surface area contributed by atoms with Gasteiger partial charge in [-0.3, -0.25) is 4.79 Å². The number of nitriles is 1. The molecule has 124 valence electrons. The molecule has 0 saturated heterocycles. The lowest BCUT2D eigenvalue weighted by atomic mass is 10.1. The number of rotatable bonds is 4. The topological polar surface area (TPSA) is 62.1 Å². The van der Waals surface area contributed by atoms with E-state index < -0.39 is 6.10 Å². The molecule has 0 bridgehead atoms. The first kappa shape index (κ1) is 16.8. The van der Waals surface area contributed by atoms with Crippen molar-refractivity contribution in [2.24, 2.45) is 0 Å². The lowest BCUT2D eigenvalue weighted by molar-refractivity contribution is -0.122. The van der Waals surface area contributed by atoms with Gasteiger partial charge in [-0.2, -0.15) is 5.26 Å². The SMILES string of the molecule is Cc1cc(Cl)ccc1O[C@@H](C)C(=O)Nc1sc2c(c1C#N)CCC2. The molecule has 4 nitrogen and oxygen atoms in total. The van der Waals surface area contributed by atoms with Gasteiger partial charge >= 0.3 is 0 Å². The van der Waals surface area contributed by atoms with Crippen molar-refractivity contribution in [1.82, 2.24) is 0 Å². The summed E-state index contributed by atoms with van der Waals surface area (Å²) in [4.78, 5) is 13.6. The van der Waals surface area contributed by atoms with Gasteiger partial charge in [-0.1, -0.05) is 11.6 Å². The van der Waals surface area contributed by atoms with Gasteiger partial charge in [0.25, 0.3) is 5.91 Å². The van der Waals surface area contributed by atoms with E-state index in [0.29, 0.717) is 21.3 Å². The third-order valence-electron chi connectivity index (χ3n) is 4.08. The molecular weight excluding hydrogens is 344 g/mol. The zero-order chi connectivity index (χ0) is 17.3. The number of hydrogen-bond acceptors (Lipinski definition) is 4. The lowest BCUT2D eigenvalue weighted by Crippen LogP contribution is -2.30. The molecule has 1 aromatic heterocycles. The van der Waals surface area contributed by atoms with Crippen LogP contribution in [0.2, 0.25) is 5.02 Å². The van der Waals surface area contributed by atoms with Gasteiger partial charge in [-0.15, -0.1) is 11.3 Å².